The first kappa shape index (κ1) is 16.8. The summed E-state index contributed by atoms with van der Waals surface area (Å²) in [5, 5.41) is 9.68. The average Bonchev–Trinajstić information content (AvgIpc) is 2.54. The van der Waals surface area contributed by atoms with E-state index in [1.54, 1.807) is 13.0 Å². The molecule has 0 aromatic heterocycles. The maximum Gasteiger partial charge on any atom is 0.342 e. The van der Waals surface area contributed by atoms with Crippen LogP contribution in [0.15, 0.2) is 18.2 Å². The number of benzene rings is 1. The highest BCUT2D eigenvalue weighted by Gasteiger charge is 2.31. The molecule has 1 aromatic rings. The number of likely N-dealkylation sites (tertiary alicyclic amines) is 1. The van der Waals surface area contributed by atoms with Crippen LogP contribution in [0.1, 0.15) is 35.2 Å². The lowest BCUT2D eigenvalue weighted by Crippen LogP contribution is -2.51. The average molecular weight is 320 g/mol. The van der Waals surface area contributed by atoms with Crippen molar-refractivity contribution in [2.24, 2.45) is 5.73 Å². The van der Waals surface area contributed by atoms with Crippen LogP contribution in [0.4, 0.5) is 0 Å². The van der Waals surface area contributed by atoms with Gasteiger partial charge >= 0.3 is 5.97 Å². The van der Waals surface area contributed by atoms with Gasteiger partial charge in [-0.15, -0.1) is 0 Å². The number of carbonyl (C=O) groups is 3. The Hall–Kier alpha value is -2.57. The summed E-state index contributed by atoms with van der Waals surface area (Å²) in [6.45, 7) is 1.70. The molecule has 7 nitrogen and oxygen atoms in total. The number of aromatic hydroxyl groups is 1. The molecule has 0 spiro atoms. The third kappa shape index (κ3) is 4.00. The first-order chi connectivity index (χ1) is 10.9. The lowest BCUT2D eigenvalue weighted by Gasteiger charge is -2.33. The Morgan fingerprint density at radius 1 is 1.35 bits per heavy atom. The number of hydrogen-bond acceptors (Lipinski definition) is 5. The normalized spacial score (nSPS) is 17.6. The van der Waals surface area contributed by atoms with Gasteiger partial charge in [0.25, 0.3) is 5.91 Å². The number of phenols is 1. The van der Waals surface area contributed by atoms with Crippen molar-refractivity contribution < 1.29 is 24.2 Å². The minimum absolute atomic E-state index is 0.00268. The Morgan fingerprint density at radius 2 is 2.09 bits per heavy atom. The van der Waals surface area contributed by atoms with Gasteiger partial charge in [0.2, 0.25) is 5.91 Å². The third-order valence-electron chi connectivity index (χ3n) is 3.85. The van der Waals surface area contributed by atoms with Gasteiger partial charge in [0.15, 0.2) is 6.61 Å². The smallest absolute Gasteiger partial charge is 0.342 e. The highest BCUT2D eigenvalue weighted by molar-refractivity contribution is 5.94. The number of hydrogen-bond donors (Lipinski definition) is 2. The SMILES string of the molecule is Cc1ccc(O)c(C(=O)OCC(=O)N2CCCC[C@H]2C(N)=O)c1. The summed E-state index contributed by atoms with van der Waals surface area (Å²) in [6, 6.07) is 3.88. The predicted molar refractivity (Wildman–Crippen MR) is 81.7 cm³/mol. The molecule has 1 heterocycles. The molecule has 23 heavy (non-hydrogen) atoms. The second-order valence-electron chi connectivity index (χ2n) is 5.60. The standard InChI is InChI=1S/C16H20N2O5/c1-10-5-6-13(19)11(8-10)16(22)23-9-14(20)18-7-3-2-4-12(18)15(17)21/h5-6,8,12,19H,2-4,7,9H2,1H3,(H2,17,21)/t12-/m0/s1. The zero-order valence-electron chi connectivity index (χ0n) is 12.9. The van der Waals surface area contributed by atoms with Gasteiger partial charge in [0, 0.05) is 6.54 Å². The second-order valence-corrected chi connectivity index (χ2v) is 5.60. The van der Waals surface area contributed by atoms with Gasteiger partial charge in [0.05, 0.1) is 0 Å². The third-order valence-corrected chi connectivity index (χ3v) is 3.85. The van der Waals surface area contributed by atoms with Crippen LogP contribution in [-0.4, -0.2) is 47.0 Å². The number of rotatable bonds is 4. The first-order valence-electron chi connectivity index (χ1n) is 7.45. The van der Waals surface area contributed by atoms with Gasteiger partial charge in [-0.25, -0.2) is 4.79 Å². The maximum absolute atomic E-state index is 12.2. The van der Waals surface area contributed by atoms with E-state index in [0.717, 1.165) is 18.4 Å². The molecule has 0 unspecified atom stereocenters. The summed E-state index contributed by atoms with van der Waals surface area (Å²) in [7, 11) is 0. The van der Waals surface area contributed by atoms with Crippen LogP contribution in [0.25, 0.3) is 0 Å². The van der Waals surface area contributed by atoms with Gasteiger partial charge in [-0.3, -0.25) is 9.59 Å². The maximum atomic E-state index is 12.2. The van der Waals surface area contributed by atoms with E-state index < -0.39 is 30.4 Å². The van der Waals surface area contributed by atoms with Crippen LogP contribution >= 0.6 is 0 Å². The number of aryl methyl sites for hydroxylation is 1. The number of ether oxygens (including phenoxy) is 1. The molecule has 1 saturated heterocycles. The molecule has 0 saturated carbocycles. The van der Waals surface area contributed by atoms with Crippen LogP contribution in [0, 0.1) is 6.92 Å². The van der Waals surface area contributed by atoms with E-state index in [4.69, 9.17) is 10.5 Å². The van der Waals surface area contributed by atoms with Crippen molar-refractivity contribution in [1.29, 1.82) is 0 Å². The van der Waals surface area contributed by atoms with Crippen molar-refractivity contribution in [1.82, 2.24) is 4.90 Å². The molecule has 1 atom stereocenters. The van der Waals surface area contributed by atoms with E-state index >= 15 is 0 Å². The summed E-state index contributed by atoms with van der Waals surface area (Å²) in [4.78, 5) is 36.9. The molecule has 0 bridgehead atoms. The van der Waals surface area contributed by atoms with Gasteiger partial charge in [-0.2, -0.15) is 0 Å². The Kier molecular flexibility index (Phi) is 5.20. The van der Waals surface area contributed by atoms with Gasteiger partial charge in [-0.1, -0.05) is 11.6 Å². The number of piperidine rings is 1. The summed E-state index contributed by atoms with van der Waals surface area (Å²) >= 11 is 0. The first-order valence-corrected chi connectivity index (χ1v) is 7.45. The van der Waals surface area contributed by atoms with Gasteiger partial charge in [0.1, 0.15) is 17.4 Å². The lowest BCUT2D eigenvalue weighted by molar-refractivity contribution is -0.143. The van der Waals surface area contributed by atoms with Crippen LogP contribution in [0.2, 0.25) is 0 Å². The molecule has 0 aliphatic carbocycles. The zero-order valence-corrected chi connectivity index (χ0v) is 12.9. The van der Waals surface area contributed by atoms with E-state index in [1.807, 2.05) is 0 Å². The van der Waals surface area contributed by atoms with E-state index in [0.29, 0.717) is 13.0 Å². The van der Waals surface area contributed by atoms with Crippen molar-refractivity contribution >= 4 is 17.8 Å². The molecule has 1 fully saturated rings. The van der Waals surface area contributed by atoms with Crippen molar-refractivity contribution in [3.63, 3.8) is 0 Å². The summed E-state index contributed by atoms with van der Waals surface area (Å²) in [6.07, 6.45) is 2.13. The molecule has 2 rings (SSSR count). The summed E-state index contributed by atoms with van der Waals surface area (Å²) < 4.78 is 4.96. The van der Waals surface area contributed by atoms with E-state index in [9.17, 15) is 19.5 Å². The fraction of sp³-hybridized carbons (Fsp3) is 0.438. The second kappa shape index (κ2) is 7.13. The molecule has 7 heteroatoms. The van der Waals surface area contributed by atoms with Crippen molar-refractivity contribution in [2.45, 2.75) is 32.2 Å². The van der Waals surface area contributed by atoms with Crippen LogP contribution < -0.4 is 5.73 Å². The Labute approximate surface area is 134 Å². The van der Waals surface area contributed by atoms with Crippen LogP contribution in [0.3, 0.4) is 0 Å². The van der Waals surface area contributed by atoms with Crippen molar-refractivity contribution in [3.8, 4) is 5.75 Å². The quantitative estimate of drug-likeness (QED) is 0.795. The number of nitrogens with zero attached hydrogens (tertiary/aromatic N) is 1. The minimum atomic E-state index is -0.785. The molecular formula is C16H20N2O5. The largest absolute Gasteiger partial charge is 0.507 e. The molecule has 1 aromatic carbocycles. The molecule has 3 N–H and O–H groups in total. The van der Waals surface area contributed by atoms with E-state index in [1.165, 1.54) is 17.0 Å². The van der Waals surface area contributed by atoms with Crippen LogP contribution in [0.5, 0.6) is 5.75 Å². The molecular weight excluding hydrogens is 300 g/mol. The molecule has 2 amide bonds. The fourth-order valence-corrected chi connectivity index (χ4v) is 2.63. The van der Waals surface area contributed by atoms with Crippen LogP contribution in [-0.2, 0) is 14.3 Å². The molecule has 1 aliphatic heterocycles. The number of phenolic OH excluding ortho intramolecular Hbond substituents is 1. The molecule has 124 valence electrons. The zero-order chi connectivity index (χ0) is 17.0. The lowest BCUT2D eigenvalue weighted by atomic mass is 10.0. The highest BCUT2D eigenvalue weighted by atomic mass is 16.5. The van der Waals surface area contributed by atoms with Gasteiger partial charge < -0.3 is 20.5 Å². The van der Waals surface area contributed by atoms with Crippen molar-refractivity contribution in [2.75, 3.05) is 13.2 Å². The van der Waals surface area contributed by atoms with Crippen molar-refractivity contribution in [3.05, 3.63) is 29.3 Å². The Morgan fingerprint density at radius 3 is 2.78 bits per heavy atom. The number of amides is 2. The van der Waals surface area contributed by atoms with E-state index in [2.05, 4.69) is 0 Å². The molecule has 1 aliphatic rings. The summed E-state index contributed by atoms with van der Waals surface area (Å²) in [5.74, 6) is -2.01. The number of carbonyl (C=O) groups excluding carboxylic acids is 3. The molecule has 0 radical (unpaired) electrons. The predicted octanol–water partition coefficient (Wildman–Crippen LogP) is 0.724. The summed E-state index contributed by atoms with van der Waals surface area (Å²) in [5.41, 5.74) is 6.09. The number of nitrogens with two attached hydrogens (primary N) is 1. The number of esters is 1. The van der Waals surface area contributed by atoms with Gasteiger partial charge in [-0.05, 0) is 38.3 Å². The highest BCUT2D eigenvalue weighted by Crippen LogP contribution is 2.20. The Bertz CT molecular complexity index is 629. The number of primary amides is 1. The topological polar surface area (TPSA) is 110 Å². The minimum Gasteiger partial charge on any atom is -0.507 e. The van der Waals surface area contributed by atoms with E-state index in [-0.39, 0.29) is 11.3 Å². The monoisotopic (exact) mass is 320 g/mol. The fourth-order valence-electron chi connectivity index (χ4n) is 2.63. The Balaban J connectivity index is 1.99.